The minimum Gasteiger partial charge on any atom is -0.508 e. The van der Waals surface area contributed by atoms with Crippen molar-refractivity contribution in [1.29, 1.82) is 0 Å². The summed E-state index contributed by atoms with van der Waals surface area (Å²) in [5.74, 6) is 0.0940. The predicted octanol–water partition coefficient (Wildman–Crippen LogP) is 2.08. The Morgan fingerprint density at radius 3 is 2.64 bits per heavy atom. The molecule has 0 aromatic heterocycles. The van der Waals surface area contributed by atoms with Crippen LogP contribution < -0.4 is 0 Å². The normalized spacial score (nSPS) is 9.64. The standard InChI is InChI=1S/C8H7ClO2/c1-5-6(8(9)11)3-2-4-7(5)10/h2-4,10H,1H3. The van der Waals surface area contributed by atoms with Crippen molar-refractivity contribution in [2.45, 2.75) is 6.92 Å². The van der Waals surface area contributed by atoms with Crippen molar-refractivity contribution in [3.63, 3.8) is 0 Å². The SMILES string of the molecule is Cc1c(O)cccc1C(=O)Cl. The maximum atomic E-state index is 10.7. The molecule has 0 amide bonds. The molecule has 0 radical (unpaired) electrons. The minimum absolute atomic E-state index is 0.0940. The molecule has 1 aromatic rings. The minimum atomic E-state index is -0.543. The molecule has 2 nitrogen and oxygen atoms in total. The Bertz CT molecular complexity index is 294. The molecule has 0 atom stereocenters. The van der Waals surface area contributed by atoms with Crippen LogP contribution in [0.4, 0.5) is 0 Å². The summed E-state index contributed by atoms with van der Waals surface area (Å²) in [7, 11) is 0. The van der Waals surface area contributed by atoms with Crippen LogP contribution in [0.5, 0.6) is 5.75 Å². The molecule has 11 heavy (non-hydrogen) atoms. The lowest BCUT2D eigenvalue weighted by atomic mass is 10.1. The molecular formula is C8H7ClO2. The van der Waals surface area contributed by atoms with E-state index in [0.29, 0.717) is 11.1 Å². The molecule has 1 aromatic carbocycles. The van der Waals surface area contributed by atoms with Crippen molar-refractivity contribution in [3.05, 3.63) is 29.3 Å². The van der Waals surface area contributed by atoms with Crippen LogP contribution in [0.1, 0.15) is 15.9 Å². The number of hydrogen-bond acceptors (Lipinski definition) is 2. The third kappa shape index (κ3) is 1.52. The fourth-order valence-electron chi connectivity index (χ4n) is 0.836. The van der Waals surface area contributed by atoms with Crippen LogP contribution in [-0.2, 0) is 0 Å². The molecule has 0 saturated carbocycles. The van der Waals surface area contributed by atoms with Gasteiger partial charge in [0.1, 0.15) is 5.75 Å². The Morgan fingerprint density at radius 2 is 2.18 bits per heavy atom. The van der Waals surface area contributed by atoms with E-state index in [0.717, 1.165) is 0 Å². The first kappa shape index (κ1) is 8.08. The second kappa shape index (κ2) is 2.93. The Labute approximate surface area is 69.4 Å². The molecule has 58 valence electrons. The van der Waals surface area contributed by atoms with E-state index in [2.05, 4.69) is 0 Å². The lowest BCUT2D eigenvalue weighted by molar-refractivity contribution is 0.108. The van der Waals surface area contributed by atoms with E-state index >= 15 is 0 Å². The lowest BCUT2D eigenvalue weighted by Crippen LogP contribution is -1.92. The van der Waals surface area contributed by atoms with Crippen molar-refractivity contribution < 1.29 is 9.90 Å². The van der Waals surface area contributed by atoms with Crippen molar-refractivity contribution in [2.75, 3.05) is 0 Å². The van der Waals surface area contributed by atoms with Gasteiger partial charge < -0.3 is 5.11 Å². The second-order valence-electron chi connectivity index (χ2n) is 2.22. The quantitative estimate of drug-likeness (QED) is 0.656. The van der Waals surface area contributed by atoms with Gasteiger partial charge in [-0.15, -0.1) is 0 Å². The third-order valence-corrected chi connectivity index (χ3v) is 1.72. The number of hydrogen-bond donors (Lipinski definition) is 1. The van der Waals surface area contributed by atoms with E-state index in [1.165, 1.54) is 6.07 Å². The Kier molecular flexibility index (Phi) is 2.15. The van der Waals surface area contributed by atoms with E-state index in [1.54, 1.807) is 19.1 Å². The third-order valence-electron chi connectivity index (χ3n) is 1.52. The van der Waals surface area contributed by atoms with Crippen molar-refractivity contribution in [2.24, 2.45) is 0 Å². The summed E-state index contributed by atoms with van der Waals surface area (Å²) in [6, 6.07) is 4.67. The van der Waals surface area contributed by atoms with Gasteiger partial charge in [0.2, 0.25) is 0 Å². The molecular weight excluding hydrogens is 164 g/mol. The number of aromatic hydroxyl groups is 1. The van der Waals surface area contributed by atoms with Gasteiger partial charge in [0.05, 0.1) is 0 Å². The van der Waals surface area contributed by atoms with Gasteiger partial charge in [0.25, 0.3) is 5.24 Å². The summed E-state index contributed by atoms with van der Waals surface area (Å²) in [5.41, 5.74) is 0.874. The van der Waals surface area contributed by atoms with Crippen molar-refractivity contribution >= 4 is 16.8 Å². The maximum Gasteiger partial charge on any atom is 0.252 e. The summed E-state index contributed by atoms with van der Waals surface area (Å²) in [5, 5.41) is 8.59. The number of phenols is 1. The monoisotopic (exact) mass is 170 g/mol. The van der Waals surface area contributed by atoms with E-state index in [4.69, 9.17) is 16.7 Å². The van der Waals surface area contributed by atoms with Crippen LogP contribution in [0.15, 0.2) is 18.2 Å². The zero-order chi connectivity index (χ0) is 8.43. The summed E-state index contributed by atoms with van der Waals surface area (Å²) >= 11 is 5.23. The van der Waals surface area contributed by atoms with E-state index in [1.807, 2.05) is 0 Å². The molecule has 0 bridgehead atoms. The van der Waals surface area contributed by atoms with Crippen LogP contribution in [0.25, 0.3) is 0 Å². The molecule has 1 N–H and O–H groups in total. The molecule has 0 aliphatic heterocycles. The van der Waals surface area contributed by atoms with E-state index in [9.17, 15) is 4.79 Å². The molecule has 0 spiro atoms. The average molecular weight is 171 g/mol. The number of rotatable bonds is 1. The highest BCUT2D eigenvalue weighted by Gasteiger charge is 2.07. The lowest BCUT2D eigenvalue weighted by Gasteiger charge is -2.00. The fourth-order valence-corrected chi connectivity index (χ4v) is 1.04. The van der Waals surface area contributed by atoms with Crippen LogP contribution in [0, 0.1) is 6.92 Å². The topological polar surface area (TPSA) is 37.3 Å². The molecule has 0 aliphatic carbocycles. The van der Waals surface area contributed by atoms with Gasteiger partial charge in [-0.05, 0) is 30.7 Å². The number of carbonyl (C=O) groups is 1. The first-order valence-corrected chi connectivity index (χ1v) is 3.49. The highest BCUT2D eigenvalue weighted by Crippen LogP contribution is 2.20. The Balaban J connectivity index is 3.27. The molecule has 0 saturated heterocycles. The highest BCUT2D eigenvalue weighted by atomic mass is 35.5. The molecule has 0 fully saturated rings. The number of carbonyl (C=O) groups excluding carboxylic acids is 1. The maximum absolute atomic E-state index is 10.7. The first-order chi connectivity index (χ1) is 5.13. The smallest absolute Gasteiger partial charge is 0.252 e. The van der Waals surface area contributed by atoms with Crippen molar-refractivity contribution in [3.8, 4) is 5.75 Å². The first-order valence-electron chi connectivity index (χ1n) is 3.11. The largest absolute Gasteiger partial charge is 0.508 e. The zero-order valence-electron chi connectivity index (χ0n) is 5.97. The van der Waals surface area contributed by atoms with Gasteiger partial charge in [-0.3, -0.25) is 4.79 Å². The number of benzene rings is 1. The van der Waals surface area contributed by atoms with Gasteiger partial charge in [0, 0.05) is 11.1 Å². The summed E-state index contributed by atoms with van der Waals surface area (Å²) < 4.78 is 0. The van der Waals surface area contributed by atoms with Gasteiger partial charge in [-0.2, -0.15) is 0 Å². The second-order valence-corrected chi connectivity index (χ2v) is 2.57. The molecule has 0 aliphatic rings. The fraction of sp³-hybridized carbons (Fsp3) is 0.125. The molecule has 1 rings (SSSR count). The van der Waals surface area contributed by atoms with Gasteiger partial charge >= 0.3 is 0 Å². The van der Waals surface area contributed by atoms with E-state index in [-0.39, 0.29) is 5.75 Å². The molecule has 0 unspecified atom stereocenters. The van der Waals surface area contributed by atoms with Crippen LogP contribution in [-0.4, -0.2) is 10.3 Å². The molecule has 0 heterocycles. The van der Waals surface area contributed by atoms with Crippen LogP contribution in [0.3, 0.4) is 0 Å². The van der Waals surface area contributed by atoms with Crippen LogP contribution >= 0.6 is 11.6 Å². The van der Waals surface area contributed by atoms with Crippen molar-refractivity contribution in [1.82, 2.24) is 0 Å². The van der Waals surface area contributed by atoms with Crippen LogP contribution in [0.2, 0.25) is 0 Å². The Hall–Kier alpha value is -1.02. The predicted molar refractivity (Wildman–Crippen MR) is 43.0 cm³/mol. The highest BCUT2D eigenvalue weighted by molar-refractivity contribution is 6.67. The molecule has 3 heteroatoms. The summed E-state index contributed by atoms with van der Waals surface area (Å²) in [6.45, 7) is 1.64. The zero-order valence-corrected chi connectivity index (χ0v) is 6.72. The van der Waals surface area contributed by atoms with Gasteiger partial charge in [-0.1, -0.05) is 6.07 Å². The summed E-state index contributed by atoms with van der Waals surface area (Å²) in [6.07, 6.45) is 0. The number of phenolic OH excluding ortho intramolecular Hbond substituents is 1. The summed E-state index contributed by atoms with van der Waals surface area (Å²) in [4.78, 5) is 10.7. The average Bonchev–Trinajstić information content (AvgIpc) is 1.94. The Morgan fingerprint density at radius 1 is 1.55 bits per heavy atom. The van der Waals surface area contributed by atoms with Gasteiger partial charge in [-0.25, -0.2) is 0 Å². The van der Waals surface area contributed by atoms with Gasteiger partial charge in [0.15, 0.2) is 0 Å². The number of halogens is 1. The van der Waals surface area contributed by atoms with E-state index < -0.39 is 5.24 Å².